The van der Waals surface area contributed by atoms with Gasteiger partial charge in [-0.15, -0.1) is 0 Å². The number of fused-ring (bicyclic) bond motifs is 2. The summed E-state index contributed by atoms with van der Waals surface area (Å²) in [6, 6.07) is 14.7. The molecule has 4 rings (SSSR count). The molecular weight excluding hydrogens is 352 g/mol. The maximum atomic E-state index is 13.3. The van der Waals surface area contributed by atoms with E-state index < -0.39 is 12.5 Å². The molecule has 27 heavy (non-hydrogen) atoms. The first-order chi connectivity index (χ1) is 13.1. The van der Waals surface area contributed by atoms with Gasteiger partial charge in [-0.3, -0.25) is 9.36 Å². The summed E-state index contributed by atoms with van der Waals surface area (Å²) < 4.78 is 32.8. The van der Waals surface area contributed by atoms with E-state index in [0.717, 1.165) is 15.7 Å². The second-order valence-corrected chi connectivity index (χ2v) is 6.33. The number of hydrogen-bond acceptors (Lipinski definition) is 3. The van der Waals surface area contributed by atoms with E-state index in [1.165, 1.54) is 17.3 Å². The van der Waals surface area contributed by atoms with Crippen LogP contribution in [0.25, 0.3) is 0 Å². The van der Waals surface area contributed by atoms with Crippen LogP contribution in [0.3, 0.4) is 0 Å². The van der Waals surface area contributed by atoms with E-state index in [9.17, 15) is 13.6 Å². The molecule has 1 aliphatic heterocycles. The quantitative estimate of drug-likeness (QED) is 0.693. The Morgan fingerprint density at radius 2 is 1.74 bits per heavy atom. The molecule has 0 N–H and O–H groups in total. The molecule has 0 unspecified atom stereocenters. The molecule has 2 heterocycles. The third kappa shape index (κ3) is 3.05. The summed E-state index contributed by atoms with van der Waals surface area (Å²) >= 11 is 0. The first-order valence-electron chi connectivity index (χ1n) is 8.47. The minimum Gasteiger partial charge on any atom is -0.457 e. The van der Waals surface area contributed by atoms with Crippen LogP contribution in [-0.2, 0) is 11.3 Å². The molecule has 1 aromatic heterocycles. The number of rotatable bonds is 4. The number of halogens is 2. The molecule has 5 nitrogen and oxygen atoms in total. The predicted molar refractivity (Wildman–Crippen MR) is 94.8 cm³/mol. The Balaban J connectivity index is 1.68. The van der Waals surface area contributed by atoms with Crippen molar-refractivity contribution in [2.45, 2.75) is 19.0 Å². The lowest BCUT2D eigenvalue weighted by Crippen LogP contribution is -2.34. The maximum absolute atomic E-state index is 13.3. The Labute approximate surface area is 154 Å². The summed E-state index contributed by atoms with van der Waals surface area (Å²) in [6.45, 7) is -2.71. The predicted octanol–water partition coefficient (Wildman–Crippen LogP) is 4.17. The van der Waals surface area contributed by atoms with Crippen molar-refractivity contribution in [3.8, 4) is 11.5 Å². The zero-order valence-electron chi connectivity index (χ0n) is 14.5. The molecule has 0 saturated heterocycles. The molecule has 0 bridgehead atoms. The monoisotopic (exact) mass is 369 g/mol. The number of ether oxygens (including phenoxy) is 1. The Kier molecular flexibility index (Phi) is 4.35. The molecule has 0 atom stereocenters. The number of alkyl halides is 2. The van der Waals surface area contributed by atoms with Gasteiger partial charge in [0.25, 0.3) is 0 Å². The highest BCUT2D eigenvalue weighted by molar-refractivity contribution is 5.89. The van der Waals surface area contributed by atoms with E-state index in [2.05, 4.69) is 4.98 Å². The molecule has 1 aliphatic rings. The van der Waals surface area contributed by atoms with Crippen molar-refractivity contribution < 1.29 is 18.3 Å². The van der Waals surface area contributed by atoms with Gasteiger partial charge in [-0.05, 0) is 12.1 Å². The number of amides is 1. The van der Waals surface area contributed by atoms with Crippen molar-refractivity contribution in [1.82, 2.24) is 14.5 Å². The van der Waals surface area contributed by atoms with Crippen molar-refractivity contribution in [1.29, 1.82) is 0 Å². The summed E-state index contributed by atoms with van der Waals surface area (Å²) in [5.41, 5.74) is 1.51. The van der Waals surface area contributed by atoms with E-state index in [-0.39, 0.29) is 18.3 Å². The molecule has 0 spiro atoms. The van der Waals surface area contributed by atoms with Gasteiger partial charge in [0, 0.05) is 30.6 Å². The standard InChI is InChI=1S/C20H17F2N3O2/c1-24(12-17-23-10-11-25(17)20(21)22)19(26)18-13-6-2-4-8-15(13)27-16-9-5-3-7-14(16)18/h2-11,18,20H,12H2,1H3. The maximum Gasteiger partial charge on any atom is 0.319 e. The molecule has 2 aromatic carbocycles. The number of carbonyl (C=O) groups is 1. The Morgan fingerprint density at radius 3 is 2.33 bits per heavy atom. The van der Waals surface area contributed by atoms with Gasteiger partial charge in [0.05, 0.1) is 12.5 Å². The van der Waals surface area contributed by atoms with E-state index in [1.54, 1.807) is 7.05 Å². The first-order valence-corrected chi connectivity index (χ1v) is 8.47. The molecule has 0 saturated carbocycles. The van der Waals surface area contributed by atoms with Crippen molar-refractivity contribution >= 4 is 5.91 Å². The molecule has 138 valence electrons. The van der Waals surface area contributed by atoms with Gasteiger partial charge in [0.1, 0.15) is 17.3 Å². The normalized spacial score (nSPS) is 13.0. The topological polar surface area (TPSA) is 47.4 Å². The number of hydrogen-bond donors (Lipinski definition) is 0. The van der Waals surface area contributed by atoms with Gasteiger partial charge < -0.3 is 9.64 Å². The highest BCUT2D eigenvalue weighted by Crippen LogP contribution is 2.44. The van der Waals surface area contributed by atoms with Crippen LogP contribution in [-0.4, -0.2) is 27.4 Å². The van der Waals surface area contributed by atoms with Crippen LogP contribution >= 0.6 is 0 Å². The van der Waals surface area contributed by atoms with Crippen LogP contribution in [0.2, 0.25) is 0 Å². The summed E-state index contributed by atoms with van der Waals surface area (Å²) in [5.74, 6) is 0.608. The number of para-hydroxylation sites is 2. The van der Waals surface area contributed by atoms with E-state index in [0.29, 0.717) is 11.5 Å². The van der Waals surface area contributed by atoms with Crippen LogP contribution in [0.4, 0.5) is 8.78 Å². The first kappa shape index (κ1) is 17.2. The number of nitrogens with zero attached hydrogens (tertiary/aromatic N) is 3. The molecule has 3 aromatic rings. The van der Waals surface area contributed by atoms with Crippen LogP contribution < -0.4 is 4.74 Å². The fraction of sp³-hybridized carbons (Fsp3) is 0.200. The lowest BCUT2D eigenvalue weighted by Gasteiger charge is -2.30. The molecular formula is C20H17F2N3O2. The SMILES string of the molecule is CN(Cc1nccn1C(F)F)C(=O)C1c2ccccc2Oc2ccccc21. The van der Waals surface area contributed by atoms with Crippen LogP contribution in [0.15, 0.2) is 60.9 Å². The van der Waals surface area contributed by atoms with Gasteiger partial charge in [0.2, 0.25) is 5.91 Å². The van der Waals surface area contributed by atoms with Crippen molar-refractivity contribution in [2.24, 2.45) is 0 Å². The molecule has 0 fully saturated rings. The fourth-order valence-corrected chi connectivity index (χ4v) is 3.33. The zero-order valence-corrected chi connectivity index (χ0v) is 14.5. The van der Waals surface area contributed by atoms with Crippen molar-refractivity contribution in [2.75, 3.05) is 7.05 Å². The van der Waals surface area contributed by atoms with Gasteiger partial charge >= 0.3 is 6.55 Å². The zero-order chi connectivity index (χ0) is 19.0. The molecule has 0 radical (unpaired) electrons. The minimum absolute atomic E-state index is 0.0160. The van der Waals surface area contributed by atoms with Gasteiger partial charge in [-0.25, -0.2) is 4.98 Å². The van der Waals surface area contributed by atoms with Gasteiger partial charge in [0.15, 0.2) is 0 Å². The van der Waals surface area contributed by atoms with E-state index in [1.807, 2.05) is 48.5 Å². The number of carbonyl (C=O) groups excluding carboxylic acids is 1. The number of imidazole rings is 1. The van der Waals surface area contributed by atoms with E-state index in [4.69, 9.17) is 4.74 Å². The smallest absolute Gasteiger partial charge is 0.319 e. The Hall–Kier alpha value is -3.22. The molecule has 1 amide bonds. The number of likely N-dealkylation sites (N-methyl/N-ethyl adjacent to an activating group) is 1. The second kappa shape index (κ2) is 6.83. The molecule has 0 aliphatic carbocycles. The van der Waals surface area contributed by atoms with Crippen molar-refractivity contribution in [3.05, 3.63) is 77.9 Å². The summed E-state index contributed by atoms with van der Waals surface area (Å²) in [5, 5.41) is 0. The number of benzene rings is 2. The highest BCUT2D eigenvalue weighted by Gasteiger charge is 2.34. The van der Waals surface area contributed by atoms with Crippen LogP contribution in [0, 0.1) is 0 Å². The Morgan fingerprint density at radius 1 is 1.15 bits per heavy atom. The van der Waals surface area contributed by atoms with E-state index >= 15 is 0 Å². The average molecular weight is 369 g/mol. The lowest BCUT2D eigenvalue weighted by atomic mass is 9.87. The summed E-state index contributed by atoms with van der Waals surface area (Å²) in [6.07, 6.45) is 2.51. The summed E-state index contributed by atoms with van der Waals surface area (Å²) in [4.78, 5) is 18.7. The van der Waals surface area contributed by atoms with Gasteiger partial charge in [-0.1, -0.05) is 36.4 Å². The third-order valence-corrected chi connectivity index (χ3v) is 4.64. The lowest BCUT2D eigenvalue weighted by molar-refractivity contribution is -0.131. The molecule has 7 heteroatoms. The van der Waals surface area contributed by atoms with Crippen LogP contribution in [0.1, 0.15) is 29.4 Å². The minimum atomic E-state index is -2.70. The van der Waals surface area contributed by atoms with Crippen molar-refractivity contribution in [3.63, 3.8) is 0 Å². The highest BCUT2D eigenvalue weighted by atomic mass is 19.3. The fourth-order valence-electron chi connectivity index (χ4n) is 3.33. The average Bonchev–Trinajstić information content (AvgIpc) is 3.14. The number of aromatic nitrogens is 2. The van der Waals surface area contributed by atoms with Crippen LogP contribution in [0.5, 0.6) is 11.5 Å². The van der Waals surface area contributed by atoms with Gasteiger partial charge in [-0.2, -0.15) is 8.78 Å². The Bertz CT molecular complexity index is 941. The second-order valence-electron chi connectivity index (χ2n) is 6.33. The summed E-state index contributed by atoms with van der Waals surface area (Å²) in [7, 11) is 1.59. The third-order valence-electron chi connectivity index (χ3n) is 4.64. The largest absolute Gasteiger partial charge is 0.457 e.